The fourth-order valence-corrected chi connectivity index (χ4v) is 14.8. The number of carboxylic acids is 2. The first kappa shape index (κ1) is 124. The first-order chi connectivity index (χ1) is 68.1. The van der Waals surface area contributed by atoms with Crippen molar-refractivity contribution in [3.8, 4) is 0 Å². The second-order valence-corrected chi connectivity index (χ2v) is 35.9. The van der Waals surface area contributed by atoms with Gasteiger partial charge in [-0.05, 0) is 125 Å². The number of amides is 21. The molecule has 0 unspecified atom stereocenters. The lowest BCUT2D eigenvalue weighted by Gasteiger charge is -2.29. The van der Waals surface area contributed by atoms with E-state index in [9.17, 15) is 116 Å². The monoisotopic (exact) mass is 2060 g/mol. The van der Waals surface area contributed by atoms with Gasteiger partial charge in [0.15, 0.2) is 11.9 Å². The van der Waals surface area contributed by atoms with Gasteiger partial charge in [0, 0.05) is 55.9 Å². The van der Waals surface area contributed by atoms with Crippen LogP contribution in [-0.4, -0.2) is 303 Å². The molecule has 3 rings (SSSR count). The molecule has 43 N–H and O–H groups in total. The number of para-hydroxylation sites is 1. The van der Waals surface area contributed by atoms with Crippen LogP contribution in [0.2, 0.25) is 0 Å². The smallest absolute Gasteiger partial charge is 0.326 e. The van der Waals surface area contributed by atoms with E-state index in [0.29, 0.717) is 22.0 Å². The summed E-state index contributed by atoms with van der Waals surface area (Å²) in [5, 5.41) is 87.2. The van der Waals surface area contributed by atoms with Gasteiger partial charge in [0.05, 0.1) is 44.2 Å². The average Bonchev–Trinajstić information content (AvgIpc) is 1.66. The Kier molecular flexibility index (Phi) is 54.1. The molecule has 56 nitrogen and oxygen atoms in total. The Labute approximate surface area is 837 Å². The normalized spacial score (nSPS) is 14.6. The van der Waals surface area contributed by atoms with E-state index in [4.69, 9.17) is 68.2 Å². The molecular formula is C88H138N30O26S. The second kappa shape index (κ2) is 63.5. The number of aliphatic hydroxyl groups is 1. The fourth-order valence-electron chi connectivity index (χ4n) is 14.3. The molecular weight excluding hydrogens is 1930 g/mol. The number of aliphatic hydroxyl groups excluding tert-OH is 1. The molecule has 17 atom stereocenters. The van der Waals surface area contributed by atoms with Crippen LogP contribution in [0.4, 0.5) is 0 Å². The van der Waals surface area contributed by atoms with Crippen LogP contribution in [0.15, 0.2) is 60.8 Å². The molecule has 802 valence electrons. The number of carbonyl (C=O) groups is 23. The highest BCUT2D eigenvalue weighted by Crippen LogP contribution is 2.22. The first-order valence-corrected chi connectivity index (χ1v) is 47.6. The summed E-state index contributed by atoms with van der Waals surface area (Å²) >= 11 is 1.18. The number of primary amides is 6. The van der Waals surface area contributed by atoms with E-state index in [1.165, 1.54) is 31.8 Å². The molecule has 2 aromatic carbocycles. The maximum absolute atomic E-state index is 15.2. The molecule has 0 saturated heterocycles. The maximum Gasteiger partial charge on any atom is 0.326 e. The van der Waals surface area contributed by atoms with E-state index < -0.39 is 320 Å². The van der Waals surface area contributed by atoms with Gasteiger partial charge < -0.3 is 168 Å². The van der Waals surface area contributed by atoms with Gasteiger partial charge in [0.2, 0.25) is 124 Å². The van der Waals surface area contributed by atoms with Crippen LogP contribution in [0.5, 0.6) is 0 Å². The molecule has 57 heteroatoms. The third-order valence-electron chi connectivity index (χ3n) is 21.9. The lowest BCUT2D eigenvalue weighted by molar-refractivity contribution is -0.144. The van der Waals surface area contributed by atoms with E-state index in [2.05, 4.69) is 90.1 Å². The lowest BCUT2D eigenvalue weighted by Crippen LogP contribution is -2.62. The molecule has 0 spiro atoms. The Hall–Kier alpha value is -15.4. The van der Waals surface area contributed by atoms with Crippen molar-refractivity contribution >= 4 is 171 Å². The molecule has 0 aliphatic carbocycles. The quantitative estimate of drug-likeness (QED) is 0.0142. The van der Waals surface area contributed by atoms with Gasteiger partial charge in [-0.15, -0.1) is 0 Å². The molecule has 0 saturated carbocycles. The van der Waals surface area contributed by atoms with Crippen molar-refractivity contribution in [2.45, 2.75) is 266 Å². The van der Waals surface area contributed by atoms with Crippen LogP contribution in [0, 0.1) is 22.7 Å². The minimum Gasteiger partial charge on any atom is -0.481 e. The minimum absolute atomic E-state index is 0.0207. The topological polar surface area (TPSA) is 982 Å². The van der Waals surface area contributed by atoms with Gasteiger partial charge in [-0.25, -0.2) is 4.79 Å². The van der Waals surface area contributed by atoms with Gasteiger partial charge >= 0.3 is 11.9 Å². The van der Waals surface area contributed by atoms with E-state index >= 15 is 9.59 Å². The number of H-pyrrole nitrogens is 1. The zero-order chi connectivity index (χ0) is 109. The summed E-state index contributed by atoms with van der Waals surface area (Å²) in [5.74, 6) is -30.0. The van der Waals surface area contributed by atoms with Gasteiger partial charge in [-0.3, -0.25) is 116 Å². The van der Waals surface area contributed by atoms with Crippen LogP contribution in [-0.2, 0) is 123 Å². The lowest BCUT2D eigenvalue weighted by atomic mass is 9.99. The number of rotatable bonds is 70. The van der Waals surface area contributed by atoms with Gasteiger partial charge in [-0.2, -0.15) is 11.8 Å². The van der Waals surface area contributed by atoms with Crippen molar-refractivity contribution in [2.24, 2.45) is 69.2 Å². The van der Waals surface area contributed by atoms with Crippen LogP contribution < -0.4 is 148 Å². The van der Waals surface area contributed by atoms with Crippen LogP contribution in [0.1, 0.15) is 161 Å². The van der Waals surface area contributed by atoms with Gasteiger partial charge in [-0.1, -0.05) is 76.2 Å². The van der Waals surface area contributed by atoms with E-state index in [-0.39, 0.29) is 96.0 Å². The highest BCUT2D eigenvalue weighted by atomic mass is 32.2. The molecule has 1 heterocycles. The maximum atomic E-state index is 15.2. The molecule has 1 aromatic heterocycles. The van der Waals surface area contributed by atoms with E-state index in [0.717, 1.165) is 6.92 Å². The largest absolute Gasteiger partial charge is 0.481 e. The summed E-state index contributed by atoms with van der Waals surface area (Å²) < 4.78 is 0. The van der Waals surface area contributed by atoms with E-state index in [1.807, 2.05) is 5.32 Å². The molecule has 0 radical (unpaired) electrons. The number of guanidine groups is 2. The summed E-state index contributed by atoms with van der Waals surface area (Å²) in [6.45, 7) is 7.08. The number of aliphatic carboxylic acids is 2. The number of hydrogen-bond donors (Lipinski definition) is 33. The number of thioether (sulfide) groups is 1. The van der Waals surface area contributed by atoms with Crippen LogP contribution in [0.3, 0.4) is 0 Å². The SMILES string of the molecule is CSCC[C@H](NC(=O)[C@H](CC(C)C)NC(=O)[C@H](Cc1c[nH]c2ccccc12)NC(=O)[C@H](CCC(N)=O)NC(=O)[C@@H](NC(=O)[C@H](Cc1ccccc1)NC(=O)[C@H](CC(=O)O)NC(=O)[C@@H](N)CCC(N)=O)C(C)C)C(=O)N[C@@H](CC(N)=O)C(=O)N[C@H](C(=O)N[C@@H](CCCCN)C(=O)N[C@@H](CCCNC(=N)N)C(=O)N[C@@H](CC(N)=O)C(=O)N[C@@H](CCCNC(=N)N)C(=O)N[C@@H](CC(N)=O)C(=O)N[C@@H](CC(N)=O)C(=O)O)[C@@H](C)O. The first-order valence-electron chi connectivity index (χ1n) is 46.2. The fraction of sp³-hybridized carbons (Fsp3) is 0.557. The standard InChI is InChI=1S/C88H138N30O26S/c1-41(2)32-54(110-78(135)56(34-45-40-103-48-19-11-10-18-46(45)48)112-75(132)52(24-26-63(92)121)108-84(141)69(42(3)4)117-82(139)55(33-44-16-8-7-9-17-44)111-81(138)60(39-68(126)127)109-71(128)47(90)23-25-62(91)120)77(134)106-53(27-31-145-6)76(133)115-59(37-66(95)124)83(140)118-70(43(5)119)85(142)107-49(20-12-13-28-89)72(129)104-50(21-14-29-101-87(97)98)73(130)113-57(35-64(93)122)79(136)105-51(22-15-30-102-88(99)100)74(131)114-58(36-65(94)123)80(137)116-61(86(143)144)38-67(96)125/h7-11,16-19,40-43,47,49-61,69-70,103,119H,12-15,20-39,89-90H2,1-6H3,(H2,91,120)(H2,92,121)(H2,93,122)(H2,94,123)(H2,95,124)(H2,96,125)(H,104,129)(H,105,136)(H,106,134)(H,107,142)(H,108,141)(H,109,128)(H,110,135)(H,111,138)(H,112,132)(H,113,130)(H,114,131)(H,115,133)(H,116,137)(H,117,139)(H,118,140)(H,126,127)(H,143,144)(H4,97,98,101)(H4,99,100,102)/t43-,47+,49+,50+,51+,52+,53+,54+,55+,56+,57+,58+,59+,60+,61+,69+,70+/m1/s1. The summed E-state index contributed by atoms with van der Waals surface area (Å²) in [4.78, 5) is 317. The number of unbranched alkanes of at least 4 members (excludes halogenated alkanes) is 1. The summed E-state index contributed by atoms with van der Waals surface area (Å²) in [6, 6.07) is -13.9. The van der Waals surface area contributed by atoms with Gasteiger partial charge in [0.1, 0.15) is 90.6 Å². The van der Waals surface area contributed by atoms with Crippen molar-refractivity contribution in [1.29, 1.82) is 10.8 Å². The van der Waals surface area contributed by atoms with E-state index in [1.54, 1.807) is 74.7 Å². The molecule has 0 aliphatic heterocycles. The number of carbonyl (C=O) groups excluding carboxylic acids is 21. The Morgan fingerprint density at radius 3 is 1.14 bits per heavy atom. The number of carboxylic acid groups (broad SMARTS) is 2. The molecule has 21 amide bonds. The van der Waals surface area contributed by atoms with Crippen molar-refractivity contribution < 1.29 is 126 Å². The number of nitrogens with two attached hydrogens (primary N) is 10. The highest BCUT2D eigenvalue weighted by molar-refractivity contribution is 7.98. The number of fused-ring (bicyclic) bond motifs is 1. The predicted octanol–water partition coefficient (Wildman–Crippen LogP) is -11.4. The zero-order valence-electron chi connectivity index (χ0n) is 81.1. The highest BCUT2D eigenvalue weighted by Gasteiger charge is 2.42. The Morgan fingerprint density at radius 2 is 0.710 bits per heavy atom. The van der Waals surface area contributed by atoms with Crippen molar-refractivity contribution in [3.63, 3.8) is 0 Å². The van der Waals surface area contributed by atoms with Crippen molar-refractivity contribution in [1.82, 2.24) is 95.4 Å². The molecule has 0 aliphatic rings. The predicted molar refractivity (Wildman–Crippen MR) is 521 cm³/mol. The Morgan fingerprint density at radius 1 is 0.366 bits per heavy atom. The summed E-state index contributed by atoms with van der Waals surface area (Å²) in [6.07, 6.45) is -7.75. The number of hydrogen-bond acceptors (Lipinski definition) is 29. The van der Waals surface area contributed by atoms with Crippen molar-refractivity contribution in [3.05, 3.63) is 71.9 Å². The van der Waals surface area contributed by atoms with Crippen LogP contribution in [0.25, 0.3) is 10.9 Å². The number of aromatic nitrogens is 1. The number of aromatic amines is 1. The number of nitrogens with one attached hydrogen (secondary N) is 20. The zero-order valence-corrected chi connectivity index (χ0v) is 81.9. The van der Waals surface area contributed by atoms with Crippen LogP contribution >= 0.6 is 11.8 Å². The third-order valence-corrected chi connectivity index (χ3v) is 22.5. The molecule has 0 fully saturated rings. The molecule has 0 bridgehead atoms. The third kappa shape index (κ3) is 46.9. The summed E-state index contributed by atoms with van der Waals surface area (Å²) in [7, 11) is 0. The Balaban J connectivity index is 2.07. The second-order valence-electron chi connectivity index (χ2n) is 34.9. The van der Waals surface area contributed by atoms with Crippen molar-refractivity contribution in [2.75, 3.05) is 31.6 Å². The Bertz CT molecular complexity index is 5050. The van der Waals surface area contributed by atoms with Gasteiger partial charge in [0.25, 0.3) is 0 Å². The molecule has 145 heavy (non-hydrogen) atoms. The average molecular weight is 2060 g/mol. The molecule has 3 aromatic rings. The minimum atomic E-state index is -2.10. The number of benzene rings is 2. The summed E-state index contributed by atoms with van der Waals surface area (Å²) in [5.41, 5.74) is 56.6.